The first kappa shape index (κ1) is 12.9. The van der Waals surface area contributed by atoms with Crippen LogP contribution in [0.3, 0.4) is 0 Å². The van der Waals surface area contributed by atoms with Gasteiger partial charge in [0.15, 0.2) is 0 Å². The molecule has 1 aromatic heterocycles. The fourth-order valence-corrected chi connectivity index (χ4v) is 1.46. The fourth-order valence-electron chi connectivity index (χ4n) is 1.26. The third kappa shape index (κ3) is 2.69. The Morgan fingerprint density at radius 2 is 2.25 bits per heavy atom. The second-order valence-electron chi connectivity index (χ2n) is 3.35. The summed E-state index contributed by atoms with van der Waals surface area (Å²) in [5.74, 6) is 0.0826. The van der Waals surface area contributed by atoms with Crippen molar-refractivity contribution in [3.63, 3.8) is 0 Å². The van der Waals surface area contributed by atoms with Crippen molar-refractivity contribution in [1.29, 1.82) is 0 Å². The molecule has 0 aromatic carbocycles. The van der Waals surface area contributed by atoms with Gasteiger partial charge in [-0.15, -0.1) is 0 Å². The molecular formula is C9H12N2O4S. The van der Waals surface area contributed by atoms with E-state index in [0.29, 0.717) is 5.56 Å². The van der Waals surface area contributed by atoms with Gasteiger partial charge in [0, 0.05) is 11.8 Å². The van der Waals surface area contributed by atoms with E-state index in [1.54, 1.807) is 6.92 Å². The molecule has 0 aliphatic heterocycles. The molecule has 6 nitrogen and oxygen atoms in total. The van der Waals surface area contributed by atoms with E-state index >= 15 is 0 Å². The predicted octanol–water partition coefficient (Wildman–Crippen LogP) is 0.622. The lowest BCUT2D eigenvalue weighted by Crippen LogP contribution is -2.21. The first-order valence-corrected chi connectivity index (χ1v) is 5.18. The molecule has 1 aromatic rings. The highest BCUT2D eigenvalue weighted by molar-refractivity contribution is 7.80. The summed E-state index contributed by atoms with van der Waals surface area (Å²) in [7, 11) is 0. The molecule has 2 atom stereocenters. The van der Waals surface area contributed by atoms with Gasteiger partial charge in [0.2, 0.25) is 0 Å². The van der Waals surface area contributed by atoms with Gasteiger partial charge in [-0.1, -0.05) is 0 Å². The van der Waals surface area contributed by atoms with Crippen LogP contribution in [0.5, 0.6) is 0 Å². The Bertz CT molecular complexity index is 399. The molecule has 88 valence electrons. The lowest BCUT2D eigenvalue weighted by atomic mass is 10.1. The molecule has 16 heavy (non-hydrogen) atoms. The lowest BCUT2D eigenvalue weighted by Gasteiger charge is -2.16. The summed E-state index contributed by atoms with van der Waals surface area (Å²) in [5, 5.41) is 29.5. The molecule has 1 rings (SSSR count). The molecule has 0 aliphatic rings. The van der Waals surface area contributed by atoms with Crippen molar-refractivity contribution < 1.29 is 15.1 Å². The van der Waals surface area contributed by atoms with Gasteiger partial charge in [-0.3, -0.25) is 15.1 Å². The van der Waals surface area contributed by atoms with Crippen molar-refractivity contribution in [2.75, 3.05) is 5.75 Å². The van der Waals surface area contributed by atoms with Crippen LogP contribution in [-0.4, -0.2) is 32.0 Å². The number of aryl methyl sites for hydroxylation is 1. The van der Waals surface area contributed by atoms with Crippen LogP contribution in [0.4, 0.5) is 5.69 Å². The monoisotopic (exact) mass is 244 g/mol. The van der Waals surface area contributed by atoms with Crippen molar-refractivity contribution in [1.82, 2.24) is 4.98 Å². The van der Waals surface area contributed by atoms with E-state index in [1.165, 1.54) is 6.07 Å². The van der Waals surface area contributed by atoms with E-state index in [9.17, 15) is 20.3 Å². The van der Waals surface area contributed by atoms with Gasteiger partial charge in [0.1, 0.15) is 12.3 Å². The number of nitro groups is 1. The van der Waals surface area contributed by atoms with E-state index in [-0.39, 0.29) is 17.1 Å². The first-order valence-electron chi connectivity index (χ1n) is 4.55. The number of rotatable bonds is 4. The molecule has 0 saturated carbocycles. The molecule has 2 N–H and O–H groups in total. The maximum atomic E-state index is 10.5. The van der Waals surface area contributed by atoms with E-state index in [1.807, 2.05) is 0 Å². The second-order valence-corrected chi connectivity index (χ2v) is 3.71. The zero-order chi connectivity index (χ0) is 12.3. The predicted molar refractivity (Wildman–Crippen MR) is 60.4 cm³/mol. The minimum atomic E-state index is -1.18. The molecule has 0 saturated heterocycles. The molecule has 0 aliphatic carbocycles. The quantitative estimate of drug-likeness (QED) is 0.410. The Morgan fingerprint density at radius 3 is 2.69 bits per heavy atom. The van der Waals surface area contributed by atoms with Crippen molar-refractivity contribution in [2.45, 2.75) is 19.1 Å². The lowest BCUT2D eigenvalue weighted by molar-refractivity contribution is -0.385. The van der Waals surface area contributed by atoms with Gasteiger partial charge < -0.3 is 10.2 Å². The van der Waals surface area contributed by atoms with Crippen molar-refractivity contribution in [2.24, 2.45) is 0 Å². The Balaban J connectivity index is 3.03. The summed E-state index contributed by atoms with van der Waals surface area (Å²) in [6.45, 7) is 1.59. The normalized spacial score (nSPS) is 14.5. The van der Waals surface area contributed by atoms with Gasteiger partial charge >= 0.3 is 0 Å². The van der Waals surface area contributed by atoms with Crippen molar-refractivity contribution >= 4 is 18.3 Å². The summed E-state index contributed by atoms with van der Waals surface area (Å²) in [4.78, 5) is 13.7. The molecular weight excluding hydrogens is 232 g/mol. The van der Waals surface area contributed by atoms with Crippen LogP contribution in [0.25, 0.3) is 0 Å². The molecule has 2 unspecified atom stereocenters. The van der Waals surface area contributed by atoms with Gasteiger partial charge in [0.25, 0.3) is 5.69 Å². The van der Waals surface area contributed by atoms with Crippen molar-refractivity contribution in [3.8, 4) is 0 Å². The maximum Gasteiger partial charge on any atom is 0.287 e. The van der Waals surface area contributed by atoms with Gasteiger partial charge in [0.05, 0.1) is 16.7 Å². The zero-order valence-corrected chi connectivity index (χ0v) is 9.46. The van der Waals surface area contributed by atoms with E-state index in [2.05, 4.69) is 17.6 Å². The number of hydrogen-bond acceptors (Lipinski definition) is 6. The topological polar surface area (TPSA) is 96.5 Å². The Hall–Kier alpha value is -1.18. The number of aromatic nitrogens is 1. The SMILES string of the molecule is Cc1cc([N+](=O)[O-])cnc1C(O)C(O)CS. The minimum absolute atomic E-state index is 0.0826. The van der Waals surface area contributed by atoms with E-state index in [4.69, 9.17) is 0 Å². The summed E-state index contributed by atoms with van der Waals surface area (Å²) < 4.78 is 0. The molecule has 0 amide bonds. The number of hydrogen-bond donors (Lipinski definition) is 3. The molecule has 7 heteroatoms. The van der Waals surface area contributed by atoms with Crippen LogP contribution in [0.1, 0.15) is 17.4 Å². The molecule has 0 fully saturated rings. The highest BCUT2D eigenvalue weighted by Crippen LogP contribution is 2.22. The minimum Gasteiger partial charge on any atom is -0.389 e. The van der Waals surface area contributed by atoms with E-state index < -0.39 is 17.1 Å². The largest absolute Gasteiger partial charge is 0.389 e. The second kappa shape index (κ2) is 5.24. The van der Waals surface area contributed by atoms with Gasteiger partial charge in [-0.2, -0.15) is 12.6 Å². The van der Waals surface area contributed by atoms with Gasteiger partial charge in [-0.05, 0) is 12.5 Å². The van der Waals surface area contributed by atoms with Gasteiger partial charge in [-0.25, -0.2) is 0 Å². The number of aliphatic hydroxyl groups excluding tert-OH is 2. The fraction of sp³-hybridized carbons (Fsp3) is 0.444. The summed E-state index contributed by atoms with van der Waals surface area (Å²) in [5.41, 5.74) is 0.545. The number of pyridine rings is 1. The smallest absolute Gasteiger partial charge is 0.287 e. The standard InChI is InChI=1S/C9H12N2O4S/c1-5-2-6(11(14)15)3-10-8(5)9(13)7(12)4-16/h2-3,7,9,12-13,16H,4H2,1H3. The highest BCUT2D eigenvalue weighted by Gasteiger charge is 2.21. The highest BCUT2D eigenvalue weighted by atomic mass is 32.1. The molecule has 0 bridgehead atoms. The summed E-state index contributed by atoms with van der Waals surface area (Å²) in [6, 6.07) is 1.30. The first-order chi connectivity index (χ1) is 7.47. The third-order valence-electron chi connectivity index (χ3n) is 2.15. The maximum absolute atomic E-state index is 10.5. The van der Waals surface area contributed by atoms with Crippen LogP contribution in [0, 0.1) is 17.0 Å². The number of nitrogens with zero attached hydrogens (tertiary/aromatic N) is 2. The van der Waals surface area contributed by atoms with E-state index in [0.717, 1.165) is 6.20 Å². The van der Waals surface area contributed by atoms with Crippen LogP contribution in [-0.2, 0) is 0 Å². The zero-order valence-electron chi connectivity index (χ0n) is 8.57. The van der Waals surface area contributed by atoms with Crippen LogP contribution >= 0.6 is 12.6 Å². The number of aliphatic hydroxyl groups is 2. The third-order valence-corrected chi connectivity index (χ3v) is 2.52. The average molecular weight is 244 g/mol. The van der Waals surface area contributed by atoms with Crippen LogP contribution < -0.4 is 0 Å². The van der Waals surface area contributed by atoms with Crippen LogP contribution in [0.15, 0.2) is 12.3 Å². The Morgan fingerprint density at radius 1 is 1.62 bits per heavy atom. The Labute approximate surface area is 97.5 Å². The van der Waals surface area contributed by atoms with Crippen molar-refractivity contribution in [3.05, 3.63) is 33.6 Å². The van der Waals surface area contributed by atoms with Crippen LogP contribution in [0.2, 0.25) is 0 Å². The molecule has 0 spiro atoms. The molecule has 0 radical (unpaired) electrons. The average Bonchev–Trinajstić information content (AvgIpc) is 2.26. The molecule has 1 heterocycles. The number of thiol groups is 1. The summed E-state index contributed by atoms with van der Waals surface area (Å²) in [6.07, 6.45) is -1.18. The Kier molecular flexibility index (Phi) is 4.22. The summed E-state index contributed by atoms with van der Waals surface area (Å²) >= 11 is 3.85.